The first-order valence-corrected chi connectivity index (χ1v) is 10.2. The highest BCUT2D eigenvalue weighted by Crippen LogP contribution is 2.29. The van der Waals surface area contributed by atoms with Gasteiger partial charge in [0.25, 0.3) is 11.8 Å². The number of hydrogen-bond acceptors (Lipinski definition) is 5. The number of hydrazine groups is 1. The molecule has 2 amide bonds. The molecule has 2 aromatic rings. The van der Waals surface area contributed by atoms with Gasteiger partial charge in [0.1, 0.15) is 13.5 Å². The molecule has 0 saturated carbocycles. The number of carbonyl (C=O) groups excluding carboxylic acids is 2. The van der Waals surface area contributed by atoms with E-state index in [1.54, 1.807) is 18.2 Å². The maximum Gasteiger partial charge on any atom is 0.274 e. The lowest BCUT2D eigenvalue weighted by Gasteiger charge is -2.23. The van der Waals surface area contributed by atoms with Crippen LogP contribution < -0.4 is 21.8 Å². The van der Waals surface area contributed by atoms with Gasteiger partial charge in [-0.1, -0.05) is 29.3 Å². The molecule has 1 atom stereocenters. The molecular weight excluding hydrogens is 461 g/mol. The highest BCUT2D eigenvalue weighted by atomic mass is 35.5. The van der Waals surface area contributed by atoms with Gasteiger partial charge < -0.3 is 5.32 Å². The average molecular weight is 478 g/mol. The minimum Gasteiger partial charge on any atom is -0.322 e. The molecule has 1 aliphatic rings. The summed E-state index contributed by atoms with van der Waals surface area (Å²) in [4.78, 5) is 29.8. The van der Waals surface area contributed by atoms with Gasteiger partial charge in [-0.3, -0.25) is 15.0 Å². The summed E-state index contributed by atoms with van der Waals surface area (Å²) in [6.45, 7) is 3.89. The Morgan fingerprint density at radius 2 is 2.13 bits per heavy atom. The van der Waals surface area contributed by atoms with Crippen molar-refractivity contribution in [1.82, 2.24) is 30.9 Å². The summed E-state index contributed by atoms with van der Waals surface area (Å²) in [6, 6.07) is 4.61. The zero-order chi connectivity index (χ0) is 22.5. The standard InChI is InChI=1S/C19H16BCl3N6O2/c1-2-5-25-27-18(30)11-7-10(21)8-13(23)16(11)26-19(31)14-9-15(20)28-29(14)17-12(22)4-3-6-24-17/h2-4,6-7,9,13,25H,1,5,8H2,(H,26,31)(H,27,30). The van der Waals surface area contributed by atoms with Crippen molar-refractivity contribution >= 4 is 60.1 Å². The molecule has 31 heavy (non-hydrogen) atoms. The van der Waals surface area contributed by atoms with Crippen molar-refractivity contribution in [3.63, 3.8) is 0 Å². The van der Waals surface area contributed by atoms with E-state index in [-0.39, 0.29) is 39.8 Å². The number of pyridine rings is 1. The third-order valence-electron chi connectivity index (χ3n) is 4.12. The van der Waals surface area contributed by atoms with Crippen LogP contribution in [-0.2, 0) is 4.79 Å². The van der Waals surface area contributed by atoms with Gasteiger partial charge in [-0.05, 0) is 24.3 Å². The predicted molar refractivity (Wildman–Crippen MR) is 121 cm³/mol. The van der Waals surface area contributed by atoms with E-state index >= 15 is 0 Å². The van der Waals surface area contributed by atoms with Gasteiger partial charge in [0.2, 0.25) is 0 Å². The fourth-order valence-corrected chi connectivity index (χ4v) is 3.66. The SMILES string of the molecule is [B]c1cc(C(=O)NC2=C(C(=O)NNCC=C)C=C(Cl)CC2Cl)n(-c2ncccc2Cl)n1. The van der Waals surface area contributed by atoms with Crippen LogP contribution in [-0.4, -0.2) is 46.3 Å². The average Bonchev–Trinajstić information content (AvgIpc) is 3.11. The number of amides is 2. The highest BCUT2D eigenvalue weighted by molar-refractivity contribution is 6.33. The molecule has 2 heterocycles. The second-order valence-corrected chi connectivity index (χ2v) is 7.76. The van der Waals surface area contributed by atoms with Crippen LogP contribution in [0.5, 0.6) is 0 Å². The number of aromatic nitrogens is 3. The molecule has 3 rings (SSSR count). The van der Waals surface area contributed by atoms with Crippen LogP contribution in [0.25, 0.3) is 5.82 Å². The Bertz CT molecular complexity index is 1100. The molecule has 12 heteroatoms. The first-order valence-electron chi connectivity index (χ1n) is 8.98. The second-order valence-electron chi connectivity index (χ2n) is 6.34. The summed E-state index contributed by atoms with van der Waals surface area (Å²) in [5.74, 6) is -0.913. The third-order valence-corrected chi connectivity index (χ3v) is 5.05. The fourth-order valence-electron chi connectivity index (χ4n) is 2.78. The van der Waals surface area contributed by atoms with Crippen molar-refractivity contribution in [2.24, 2.45) is 0 Å². The Morgan fingerprint density at radius 3 is 2.84 bits per heavy atom. The monoisotopic (exact) mass is 476 g/mol. The molecule has 1 aliphatic carbocycles. The van der Waals surface area contributed by atoms with Crippen molar-refractivity contribution in [3.05, 3.63) is 70.1 Å². The molecule has 158 valence electrons. The number of rotatable bonds is 7. The van der Waals surface area contributed by atoms with Crippen molar-refractivity contribution in [3.8, 4) is 5.82 Å². The third kappa shape index (κ3) is 5.37. The number of allylic oxidation sites excluding steroid dienone is 2. The Labute approximate surface area is 194 Å². The summed E-state index contributed by atoms with van der Waals surface area (Å²) in [5, 5.41) is 6.68. The Kier molecular flexibility index (Phi) is 7.56. The van der Waals surface area contributed by atoms with Crippen molar-refractivity contribution in [2.75, 3.05) is 6.54 Å². The lowest BCUT2D eigenvalue weighted by Crippen LogP contribution is -2.41. The summed E-state index contributed by atoms with van der Waals surface area (Å²) in [6.07, 6.45) is 4.76. The van der Waals surface area contributed by atoms with Crippen molar-refractivity contribution < 1.29 is 9.59 Å². The number of nitrogens with zero attached hydrogens (tertiary/aromatic N) is 3. The molecule has 0 aliphatic heterocycles. The fraction of sp³-hybridized carbons (Fsp3) is 0.158. The van der Waals surface area contributed by atoms with E-state index in [9.17, 15) is 9.59 Å². The van der Waals surface area contributed by atoms with E-state index < -0.39 is 17.2 Å². The Morgan fingerprint density at radius 1 is 1.35 bits per heavy atom. The van der Waals surface area contributed by atoms with E-state index in [1.165, 1.54) is 23.0 Å². The largest absolute Gasteiger partial charge is 0.322 e. The van der Waals surface area contributed by atoms with E-state index in [1.807, 2.05) is 0 Å². The summed E-state index contributed by atoms with van der Waals surface area (Å²) < 4.78 is 1.22. The van der Waals surface area contributed by atoms with Gasteiger partial charge in [0.15, 0.2) is 5.82 Å². The topological polar surface area (TPSA) is 101 Å². The zero-order valence-corrected chi connectivity index (χ0v) is 18.3. The maximum absolute atomic E-state index is 13.1. The Balaban J connectivity index is 1.95. The van der Waals surface area contributed by atoms with Gasteiger partial charge in [-0.15, -0.1) is 18.2 Å². The van der Waals surface area contributed by atoms with Crippen LogP contribution in [0, 0.1) is 0 Å². The number of nitrogens with one attached hydrogen (secondary N) is 3. The van der Waals surface area contributed by atoms with Gasteiger partial charge >= 0.3 is 0 Å². The lowest BCUT2D eigenvalue weighted by atomic mass is 10.0. The molecule has 8 nitrogen and oxygen atoms in total. The van der Waals surface area contributed by atoms with Gasteiger partial charge in [0.05, 0.1) is 16.0 Å². The quantitative estimate of drug-likeness (QED) is 0.185. The molecule has 0 spiro atoms. The molecule has 0 bridgehead atoms. The normalized spacial score (nSPS) is 16.0. The van der Waals surface area contributed by atoms with Gasteiger partial charge in [0, 0.05) is 35.5 Å². The number of hydrogen-bond donors (Lipinski definition) is 3. The first kappa shape index (κ1) is 23.1. The van der Waals surface area contributed by atoms with Crippen molar-refractivity contribution in [1.29, 1.82) is 0 Å². The second kappa shape index (κ2) is 10.1. The van der Waals surface area contributed by atoms with E-state index in [4.69, 9.17) is 42.6 Å². The van der Waals surface area contributed by atoms with E-state index in [0.717, 1.165) is 0 Å². The van der Waals surface area contributed by atoms with Gasteiger partial charge in [-0.25, -0.2) is 15.1 Å². The summed E-state index contributed by atoms with van der Waals surface area (Å²) in [7, 11) is 5.80. The smallest absolute Gasteiger partial charge is 0.274 e. The molecule has 1 unspecified atom stereocenters. The summed E-state index contributed by atoms with van der Waals surface area (Å²) in [5.41, 5.74) is 5.60. The first-order chi connectivity index (χ1) is 14.8. The van der Waals surface area contributed by atoms with Crippen molar-refractivity contribution in [2.45, 2.75) is 11.8 Å². The van der Waals surface area contributed by atoms with E-state index in [2.05, 4.69) is 32.8 Å². The van der Waals surface area contributed by atoms with Crippen LogP contribution in [0.4, 0.5) is 0 Å². The van der Waals surface area contributed by atoms with Crippen LogP contribution >= 0.6 is 34.8 Å². The molecule has 0 fully saturated rings. The number of carbonyl (C=O) groups is 2. The molecule has 3 N–H and O–H groups in total. The number of halogens is 3. The predicted octanol–water partition coefficient (Wildman–Crippen LogP) is 1.64. The van der Waals surface area contributed by atoms with Crippen LogP contribution in [0.3, 0.4) is 0 Å². The van der Waals surface area contributed by atoms with Crippen LogP contribution in [0.1, 0.15) is 16.9 Å². The molecule has 2 radical (unpaired) electrons. The lowest BCUT2D eigenvalue weighted by molar-refractivity contribution is -0.118. The minimum absolute atomic E-state index is 0.0552. The molecule has 0 saturated heterocycles. The molecule has 2 aromatic heterocycles. The highest BCUT2D eigenvalue weighted by Gasteiger charge is 2.28. The van der Waals surface area contributed by atoms with Crippen LogP contribution in [0.15, 0.2) is 59.4 Å². The van der Waals surface area contributed by atoms with Gasteiger partial charge in [-0.2, -0.15) is 5.10 Å². The summed E-state index contributed by atoms with van der Waals surface area (Å²) >= 11 is 18.7. The van der Waals surface area contributed by atoms with Crippen LogP contribution in [0.2, 0.25) is 5.02 Å². The minimum atomic E-state index is -0.742. The number of alkyl halides is 1. The zero-order valence-electron chi connectivity index (χ0n) is 16.0. The molecular formula is C19H16BCl3N6O2. The Hall–Kier alpha value is -2.59. The van der Waals surface area contributed by atoms with E-state index in [0.29, 0.717) is 11.6 Å². The molecule has 0 aromatic carbocycles. The maximum atomic E-state index is 13.1.